The van der Waals surface area contributed by atoms with Gasteiger partial charge in [0.05, 0.1) is 155 Å². The van der Waals surface area contributed by atoms with Gasteiger partial charge in [-0.1, -0.05) is 0 Å². The van der Waals surface area contributed by atoms with Gasteiger partial charge in [0.15, 0.2) is 46.0 Å². The van der Waals surface area contributed by atoms with E-state index >= 15 is 0 Å². The van der Waals surface area contributed by atoms with Gasteiger partial charge in [-0.2, -0.15) is 20.5 Å². The number of benzene rings is 4. The third-order valence-corrected chi connectivity index (χ3v) is 10.4. The maximum Gasteiger partial charge on any atom is 0.163 e. The second kappa shape index (κ2) is 34.5. The Bertz CT molecular complexity index is 2100. The normalized spacial score (nSPS) is 19.1. The van der Waals surface area contributed by atoms with E-state index in [0.717, 1.165) is 0 Å². The summed E-state index contributed by atoms with van der Waals surface area (Å²) in [6, 6.07) is 21.4. The SMILES string of the molecule is c1cc2c(cc1N=Nc1ccc3c(c1)OCCOCCOCCOc1ccc(N=Nc4ccc5c(c4)OCCOCCOCCOCCO5)cc1OCCOCCOCCO3)OCCOCCOCCOCCO2. The van der Waals surface area contributed by atoms with Crippen LogP contribution in [-0.2, 0) is 47.4 Å². The first-order chi connectivity index (χ1) is 36.8. The molecule has 0 unspecified atom stereocenters. The number of hydrogen-bond donors (Lipinski definition) is 0. The van der Waals surface area contributed by atoms with E-state index in [-0.39, 0.29) is 26.4 Å². The molecule has 22 heteroatoms. The highest BCUT2D eigenvalue weighted by Crippen LogP contribution is 2.37. The Kier molecular flexibility index (Phi) is 26.1. The number of nitrogens with zero attached hydrogens (tertiary/aromatic N) is 4. The van der Waals surface area contributed by atoms with Crippen molar-refractivity contribution in [2.24, 2.45) is 20.5 Å². The maximum absolute atomic E-state index is 6.13. The second-order valence-corrected chi connectivity index (χ2v) is 15.8. The highest BCUT2D eigenvalue weighted by Gasteiger charge is 2.13. The Morgan fingerprint density at radius 3 is 0.500 bits per heavy atom. The van der Waals surface area contributed by atoms with E-state index < -0.39 is 0 Å². The van der Waals surface area contributed by atoms with E-state index in [9.17, 15) is 0 Å². The lowest BCUT2D eigenvalue weighted by molar-refractivity contribution is 0.00708. The highest BCUT2D eigenvalue weighted by molar-refractivity contribution is 5.55. The predicted octanol–water partition coefficient (Wildman–Crippen LogP) is 7.45. The molecule has 404 valence electrons. The number of ether oxygens (including phenoxy) is 18. The Morgan fingerprint density at radius 1 is 0.176 bits per heavy atom. The molecule has 0 fully saturated rings. The summed E-state index contributed by atoms with van der Waals surface area (Å²) >= 11 is 0. The zero-order valence-electron chi connectivity index (χ0n) is 41.9. The van der Waals surface area contributed by atoms with Crippen molar-refractivity contribution in [2.75, 3.05) is 185 Å². The zero-order valence-corrected chi connectivity index (χ0v) is 41.9. The fraction of sp³-hybridized carbons (Fsp3) is 0.538. The molecule has 0 amide bonds. The summed E-state index contributed by atoms with van der Waals surface area (Å²) in [4.78, 5) is 0. The van der Waals surface area contributed by atoms with Crippen molar-refractivity contribution in [1.29, 1.82) is 0 Å². The molecule has 3 aliphatic heterocycles. The Balaban J connectivity index is 0.901. The van der Waals surface area contributed by atoms with Gasteiger partial charge in [-0.05, 0) is 48.5 Å². The van der Waals surface area contributed by atoms with Gasteiger partial charge in [-0.3, -0.25) is 0 Å². The molecule has 74 heavy (non-hydrogen) atoms. The van der Waals surface area contributed by atoms with Crippen molar-refractivity contribution in [2.45, 2.75) is 0 Å². The van der Waals surface area contributed by atoms with Crippen LogP contribution in [0.3, 0.4) is 0 Å². The molecule has 3 aliphatic rings. The summed E-state index contributed by atoms with van der Waals surface area (Å²) in [6.07, 6.45) is 0. The van der Waals surface area contributed by atoms with Crippen molar-refractivity contribution >= 4 is 22.7 Å². The predicted molar refractivity (Wildman–Crippen MR) is 266 cm³/mol. The molecule has 0 N–H and O–H groups in total. The van der Waals surface area contributed by atoms with Crippen LogP contribution < -0.4 is 37.9 Å². The molecule has 0 saturated heterocycles. The fourth-order valence-electron chi connectivity index (χ4n) is 6.81. The average molecular weight is 1040 g/mol. The first-order valence-electron chi connectivity index (χ1n) is 25.0. The van der Waals surface area contributed by atoms with Gasteiger partial charge in [-0.15, -0.1) is 0 Å². The third kappa shape index (κ3) is 21.5. The van der Waals surface area contributed by atoms with E-state index in [1.165, 1.54) is 0 Å². The Labute approximate surface area is 431 Å². The van der Waals surface area contributed by atoms with Gasteiger partial charge < -0.3 is 85.3 Å². The van der Waals surface area contributed by atoms with Crippen molar-refractivity contribution in [1.82, 2.24) is 0 Å². The lowest BCUT2D eigenvalue weighted by Gasteiger charge is -2.15. The van der Waals surface area contributed by atoms with Crippen LogP contribution in [0.15, 0.2) is 93.3 Å². The molecule has 0 aromatic heterocycles. The molecule has 4 aromatic carbocycles. The quantitative estimate of drug-likeness (QED) is 0.181. The zero-order chi connectivity index (χ0) is 50.8. The van der Waals surface area contributed by atoms with Crippen LogP contribution in [0, 0.1) is 0 Å². The minimum absolute atomic E-state index is 0.246. The topological polar surface area (TPSA) is 216 Å². The van der Waals surface area contributed by atoms with Gasteiger partial charge in [0.1, 0.15) is 52.9 Å². The molecule has 0 aliphatic carbocycles. The van der Waals surface area contributed by atoms with Crippen LogP contribution in [0.25, 0.3) is 0 Å². The van der Waals surface area contributed by atoms with Crippen LogP contribution in [0.2, 0.25) is 0 Å². The van der Waals surface area contributed by atoms with E-state index in [2.05, 4.69) is 20.5 Å². The standard InChI is InChI=1S/C52H68N4O18/c1-5-45-49(71-33-25-63-15-11-57-9-13-59-21-29-67-45)37-41(1)53-55-43-3-7-47-51(39-43)73-35-27-65-19-17-62-24-32-70-48-8-4-44(40-52(48)74-36-28-66-20-18-61-23-31-69-47)56-54-42-2-6-46-50(38-42)72-34-26-64-16-12-58-10-14-60-22-30-68-46/h1-8,37-40H,9-36H2. The minimum Gasteiger partial charge on any atom is -0.487 e. The van der Waals surface area contributed by atoms with Crippen molar-refractivity contribution in [3.05, 3.63) is 72.8 Å². The van der Waals surface area contributed by atoms with Crippen LogP contribution in [0.5, 0.6) is 46.0 Å². The van der Waals surface area contributed by atoms with E-state index in [1.54, 1.807) is 72.8 Å². The highest BCUT2D eigenvalue weighted by atomic mass is 16.6. The van der Waals surface area contributed by atoms with E-state index in [4.69, 9.17) is 85.3 Å². The lowest BCUT2D eigenvalue weighted by Crippen LogP contribution is -2.15. The number of hydrogen-bond acceptors (Lipinski definition) is 22. The minimum atomic E-state index is 0.246. The molecule has 0 saturated carbocycles. The van der Waals surface area contributed by atoms with E-state index in [0.29, 0.717) is 227 Å². The van der Waals surface area contributed by atoms with Crippen molar-refractivity contribution < 1.29 is 85.3 Å². The van der Waals surface area contributed by atoms with Crippen LogP contribution >= 0.6 is 0 Å². The summed E-state index contributed by atoms with van der Waals surface area (Å²) in [5.41, 5.74) is 2.22. The smallest absolute Gasteiger partial charge is 0.163 e. The molecule has 0 radical (unpaired) electrons. The van der Waals surface area contributed by atoms with Crippen molar-refractivity contribution in [3.63, 3.8) is 0 Å². The van der Waals surface area contributed by atoms with E-state index in [1.807, 2.05) is 0 Å². The molecular formula is C52H68N4O18. The first kappa shape index (κ1) is 55.8. The monoisotopic (exact) mass is 1040 g/mol. The summed E-state index contributed by atoms with van der Waals surface area (Å²) in [5.74, 6) is 4.16. The van der Waals surface area contributed by atoms with Crippen molar-refractivity contribution in [3.8, 4) is 46.0 Å². The number of rotatable bonds is 4. The molecule has 3 heterocycles. The number of fused-ring (bicyclic) bond motifs is 4. The van der Waals surface area contributed by atoms with Crippen LogP contribution in [-0.4, -0.2) is 185 Å². The Morgan fingerprint density at radius 2 is 0.324 bits per heavy atom. The summed E-state index contributed by atoms with van der Waals surface area (Å²) in [7, 11) is 0. The molecule has 4 aromatic rings. The second-order valence-electron chi connectivity index (χ2n) is 15.8. The molecule has 7 rings (SSSR count). The average Bonchev–Trinajstić information content (AvgIpc) is 3.43. The van der Waals surface area contributed by atoms with Gasteiger partial charge in [0.25, 0.3) is 0 Å². The molecule has 0 bridgehead atoms. The third-order valence-electron chi connectivity index (χ3n) is 10.4. The molecule has 0 atom stereocenters. The van der Waals surface area contributed by atoms with Gasteiger partial charge in [-0.25, -0.2) is 0 Å². The van der Waals surface area contributed by atoms with Crippen LogP contribution in [0.4, 0.5) is 22.7 Å². The summed E-state index contributed by atoms with van der Waals surface area (Å²) in [6.45, 7) is 10.5. The van der Waals surface area contributed by atoms with Gasteiger partial charge >= 0.3 is 0 Å². The Hall–Kier alpha value is -5.92. The summed E-state index contributed by atoms with van der Waals surface area (Å²) in [5, 5.41) is 17.9. The van der Waals surface area contributed by atoms with Gasteiger partial charge in [0, 0.05) is 24.3 Å². The van der Waals surface area contributed by atoms with Crippen LogP contribution in [0.1, 0.15) is 0 Å². The molecule has 0 spiro atoms. The lowest BCUT2D eigenvalue weighted by atomic mass is 10.2. The fourth-order valence-corrected chi connectivity index (χ4v) is 6.81. The van der Waals surface area contributed by atoms with Gasteiger partial charge in [0.2, 0.25) is 0 Å². The molecule has 22 nitrogen and oxygen atoms in total. The maximum atomic E-state index is 6.13. The first-order valence-corrected chi connectivity index (χ1v) is 25.0. The molecular weight excluding hydrogens is 969 g/mol. The largest absolute Gasteiger partial charge is 0.487 e. The summed E-state index contributed by atoms with van der Waals surface area (Å²) < 4.78 is 105. The number of azo groups is 2.